The van der Waals surface area contributed by atoms with Gasteiger partial charge in [-0.25, -0.2) is 0 Å². The monoisotopic (exact) mass is 196 g/mol. The lowest BCUT2D eigenvalue weighted by molar-refractivity contribution is -0.111. The first-order chi connectivity index (χ1) is 6.85. The van der Waals surface area contributed by atoms with E-state index in [4.69, 9.17) is 0 Å². The van der Waals surface area contributed by atoms with E-state index in [1.54, 1.807) is 0 Å². The van der Waals surface area contributed by atoms with Gasteiger partial charge in [0, 0.05) is 5.92 Å². The highest BCUT2D eigenvalue weighted by Crippen LogP contribution is 2.15. The van der Waals surface area contributed by atoms with Crippen molar-refractivity contribution in [1.82, 2.24) is 0 Å². The fourth-order valence-corrected chi connectivity index (χ4v) is 1.62. The number of aldehydes is 1. The molecule has 82 valence electrons. The Balaban J connectivity index is 3.32. The van der Waals surface area contributed by atoms with Crippen LogP contribution in [0.1, 0.15) is 58.3 Å². The van der Waals surface area contributed by atoms with Crippen molar-refractivity contribution in [2.45, 2.75) is 58.3 Å². The summed E-state index contributed by atoms with van der Waals surface area (Å²) in [7, 11) is 0. The molecule has 0 aromatic carbocycles. The lowest BCUT2D eigenvalue weighted by Crippen LogP contribution is -2.01. The topological polar surface area (TPSA) is 17.1 Å². The van der Waals surface area contributed by atoms with Crippen molar-refractivity contribution < 1.29 is 4.79 Å². The largest absolute Gasteiger partial charge is 0.303 e. The van der Waals surface area contributed by atoms with E-state index < -0.39 is 0 Å². The van der Waals surface area contributed by atoms with Crippen LogP contribution >= 0.6 is 0 Å². The zero-order valence-corrected chi connectivity index (χ0v) is 9.50. The minimum atomic E-state index is 0.318. The van der Waals surface area contributed by atoms with E-state index in [1.807, 2.05) is 6.08 Å². The second kappa shape index (κ2) is 10.5. The zero-order chi connectivity index (χ0) is 10.6. The quantitative estimate of drug-likeness (QED) is 0.292. The van der Waals surface area contributed by atoms with Crippen molar-refractivity contribution in [3.63, 3.8) is 0 Å². The van der Waals surface area contributed by atoms with Gasteiger partial charge < -0.3 is 4.79 Å². The number of rotatable bonds is 10. The maximum absolute atomic E-state index is 10.7. The molecule has 0 heterocycles. The van der Waals surface area contributed by atoms with E-state index >= 15 is 0 Å². The first-order valence-corrected chi connectivity index (χ1v) is 5.91. The third-order valence-corrected chi connectivity index (χ3v) is 2.60. The summed E-state index contributed by atoms with van der Waals surface area (Å²) in [5.74, 6) is 0.318. The Bertz CT molecular complexity index is 140. The van der Waals surface area contributed by atoms with Gasteiger partial charge >= 0.3 is 0 Å². The summed E-state index contributed by atoms with van der Waals surface area (Å²) in [5.41, 5.74) is 0. The Morgan fingerprint density at radius 2 is 1.86 bits per heavy atom. The second-order valence-electron chi connectivity index (χ2n) is 3.97. The van der Waals surface area contributed by atoms with Crippen molar-refractivity contribution in [1.29, 1.82) is 0 Å². The molecule has 0 saturated heterocycles. The molecule has 0 radical (unpaired) electrons. The fraction of sp³-hybridized carbons (Fsp3) is 0.769. The number of unbranched alkanes of at least 4 members (excludes halogenated alkanes) is 4. The molecule has 1 nitrogen and oxygen atoms in total. The molecule has 14 heavy (non-hydrogen) atoms. The third-order valence-electron chi connectivity index (χ3n) is 2.60. The van der Waals surface area contributed by atoms with Crippen molar-refractivity contribution in [3.8, 4) is 0 Å². The van der Waals surface area contributed by atoms with Crippen LogP contribution in [0.5, 0.6) is 0 Å². The van der Waals surface area contributed by atoms with Crippen LogP contribution in [0.2, 0.25) is 0 Å². The molecule has 1 unspecified atom stereocenters. The maximum Gasteiger partial charge on any atom is 0.123 e. The Kier molecular flexibility index (Phi) is 10.0. The number of carbonyl (C=O) groups is 1. The summed E-state index contributed by atoms with van der Waals surface area (Å²) in [6.07, 6.45) is 12.4. The minimum absolute atomic E-state index is 0.318. The standard InChI is InChI=1S/C13H24O/c1-3-5-7-8-9-11-13(12-14)10-6-4-2/h3,12-13H,1,4-11H2,2H3. The summed E-state index contributed by atoms with van der Waals surface area (Å²) < 4.78 is 0. The van der Waals surface area contributed by atoms with E-state index in [0.717, 1.165) is 25.5 Å². The van der Waals surface area contributed by atoms with Gasteiger partial charge in [0.2, 0.25) is 0 Å². The molecule has 0 fully saturated rings. The van der Waals surface area contributed by atoms with E-state index in [-0.39, 0.29) is 0 Å². The van der Waals surface area contributed by atoms with Crippen LogP contribution in [0.25, 0.3) is 0 Å². The SMILES string of the molecule is C=CCCCCCC(C=O)CCCC. The molecule has 0 aromatic rings. The normalized spacial score (nSPS) is 12.4. The van der Waals surface area contributed by atoms with Gasteiger partial charge in [-0.3, -0.25) is 0 Å². The lowest BCUT2D eigenvalue weighted by Gasteiger charge is -2.08. The molecular weight excluding hydrogens is 172 g/mol. The number of hydrogen-bond acceptors (Lipinski definition) is 1. The van der Waals surface area contributed by atoms with Crippen molar-refractivity contribution in [2.24, 2.45) is 5.92 Å². The van der Waals surface area contributed by atoms with Crippen LogP contribution in [-0.4, -0.2) is 6.29 Å². The highest BCUT2D eigenvalue weighted by molar-refractivity contribution is 5.53. The summed E-state index contributed by atoms with van der Waals surface area (Å²) in [6.45, 7) is 5.87. The summed E-state index contributed by atoms with van der Waals surface area (Å²) in [4.78, 5) is 10.7. The molecule has 0 saturated carbocycles. The molecule has 0 aromatic heterocycles. The third kappa shape index (κ3) is 8.03. The fourth-order valence-electron chi connectivity index (χ4n) is 1.62. The van der Waals surface area contributed by atoms with Crippen LogP contribution in [0, 0.1) is 5.92 Å². The molecular formula is C13H24O. The lowest BCUT2D eigenvalue weighted by atomic mass is 9.97. The Labute approximate surface area is 88.6 Å². The van der Waals surface area contributed by atoms with Gasteiger partial charge in [0.05, 0.1) is 0 Å². The molecule has 0 aliphatic carbocycles. The molecule has 0 aliphatic heterocycles. The van der Waals surface area contributed by atoms with E-state index in [1.165, 1.54) is 32.1 Å². The Morgan fingerprint density at radius 3 is 2.43 bits per heavy atom. The van der Waals surface area contributed by atoms with Crippen LogP contribution in [0.15, 0.2) is 12.7 Å². The van der Waals surface area contributed by atoms with Crippen molar-refractivity contribution in [2.75, 3.05) is 0 Å². The maximum atomic E-state index is 10.7. The summed E-state index contributed by atoms with van der Waals surface area (Å²) >= 11 is 0. The van der Waals surface area contributed by atoms with Crippen molar-refractivity contribution in [3.05, 3.63) is 12.7 Å². The van der Waals surface area contributed by atoms with Gasteiger partial charge in [-0.05, 0) is 25.7 Å². The molecule has 1 atom stereocenters. The van der Waals surface area contributed by atoms with Crippen LogP contribution in [-0.2, 0) is 4.79 Å². The van der Waals surface area contributed by atoms with Gasteiger partial charge in [0.1, 0.15) is 6.29 Å². The average molecular weight is 196 g/mol. The smallest absolute Gasteiger partial charge is 0.123 e. The van der Waals surface area contributed by atoms with Crippen LogP contribution in [0.3, 0.4) is 0 Å². The molecule has 0 spiro atoms. The molecule has 0 amide bonds. The summed E-state index contributed by atoms with van der Waals surface area (Å²) in [6, 6.07) is 0. The number of carbonyl (C=O) groups excluding carboxylic acids is 1. The van der Waals surface area contributed by atoms with Gasteiger partial charge in [0.25, 0.3) is 0 Å². The molecule has 1 heteroatoms. The first-order valence-electron chi connectivity index (χ1n) is 5.91. The number of allylic oxidation sites excluding steroid dienone is 1. The van der Waals surface area contributed by atoms with Gasteiger partial charge in [-0.2, -0.15) is 0 Å². The van der Waals surface area contributed by atoms with E-state index in [0.29, 0.717) is 5.92 Å². The van der Waals surface area contributed by atoms with Crippen molar-refractivity contribution >= 4 is 6.29 Å². The molecule has 0 rings (SSSR count). The predicted molar refractivity (Wildman–Crippen MR) is 62.4 cm³/mol. The molecule has 0 bridgehead atoms. The highest BCUT2D eigenvalue weighted by atomic mass is 16.1. The minimum Gasteiger partial charge on any atom is -0.303 e. The van der Waals surface area contributed by atoms with E-state index in [9.17, 15) is 4.79 Å². The van der Waals surface area contributed by atoms with Gasteiger partial charge in [0.15, 0.2) is 0 Å². The Hall–Kier alpha value is -0.590. The van der Waals surface area contributed by atoms with Gasteiger partial charge in [-0.1, -0.05) is 38.7 Å². The zero-order valence-electron chi connectivity index (χ0n) is 9.50. The average Bonchev–Trinajstić information content (AvgIpc) is 2.22. The highest BCUT2D eigenvalue weighted by Gasteiger charge is 2.05. The predicted octanol–water partition coefficient (Wildman–Crippen LogP) is 4.13. The Morgan fingerprint density at radius 1 is 1.14 bits per heavy atom. The summed E-state index contributed by atoms with van der Waals surface area (Å²) in [5, 5.41) is 0. The molecule has 0 N–H and O–H groups in total. The number of hydrogen-bond donors (Lipinski definition) is 0. The van der Waals surface area contributed by atoms with E-state index in [2.05, 4.69) is 13.5 Å². The molecule has 0 aliphatic rings. The first kappa shape index (κ1) is 13.4. The van der Waals surface area contributed by atoms with Crippen LogP contribution in [0.4, 0.5) is 0 Å². The second-order valence-corrected chi connectivity index (χ2v) is 3.97. The van der Waals surface area contributed by atoms with Crippen LogP contribution < -0.4 is 0 Å². The van der Waals surface area contributed by atoms with Gasteiger partial charge in [-0.15, -0.1) is 6.58 Å².